The van der Waals surface area contributed by atoms with Crippen LogP contribution >= 0.6 is 7.82 Å². The SMILES string of the molecule is CCCCCCCCCCCC/C=C\CCCCCCCCCC(=O)NC(COP(=O)([O-])OCC[N+](C)(C)C)C(O)/C=C/CC/C=C/CCCCCCCCCCCCCCCCC. The van der Waals surface area contributed by atoms with Gasteiger partial charge in [-0.15, -0.1) is 0 Å². The minimum absolute atomic E-state index is 0.00670. The lowest BCUT2D eigenvalue weighted by molar-refractivity contribution is -0.870. The zero-order chi connectivity index (χ0) is 47.1. The standard InChI is InChI=1S/C55H107N2O6P/c1-6-8-10-12-14-16-18-20-22-24-26-28-30-32-34-36-38-40-42-44-46-48-54(58)53(52-63-64(60,61)62-51-50-57(3,4)5)56-55(59)49-47-45-43-41-39-37-35-33-31-29-27-25-23-21-19-17-15-13-11-9-7-2/h29,31,38,40,46,48,53-54,58H,6-28,30,32-37,39,41-45,47,49-52H2,1-5H3,(H-,56,59,60,61)/b31-29-,40-38+,48-46+. The van der Waals surface area contributed by atoms with E-state index in [4.69, 9.17) is 9.05 Å². The van der Waals surface area contributed by atoms with Gasteiger partial charge < -0.3 is 28.8 Å². The van der Waals surface area contributed by atoms with Crippen molar-refractivity contribution >= 4 is 13.7 Å². The number of quaternary nitrogens is 1. The largest absolute Gasteiger partial charge is 0.756 e. The molecule has 0 aliphatic carbocycles. The van der Waals surface area contributed by atoms with Crippen LogP contribution in [0.5, 0.6) is 0 Å². The van der Waals surface area contributed by atoms with E-state index in [1.165, 1.54) is 199 Å². The van der Waals surface area contributed by atoms with Crippen LogP contribution in [-0.4, -0.2) is 68.5 Å². The number of hydrogen-bond acceptors (Lipinski definition) is 6. The first-order valence-electron chi connectivity index (χ1n) is 27.4. The van der Waals surface area contributed by atoms with Gasteiger partial charge in [-0.25, -0.2) is 0 Å². The second kappa shape index (κ2) is 46.8. The summed E-state index contributed by atoms with van der Waals surface area (Å²) in [5.41, 5.74) is 0. The topological polar surface area (TPSA) is 108 Å². The Labute approximate surface area is 397 Å². The van der Waals surface area contributed by atoms with E-state index in [2.05, 4.69) is 43.5 Å². The van der Waals surface area contributed by atoms with Gasteiger partial charge in [0.15, 0.2) is 0 Å². The van der Waals surface area contributed by atoms with Crippen LogP contribution in [0.3, 0.4) is 0 Å². The fourth-order valence-corrected chi connectivity index (χ4v) is 8.71. The number of unbranched alkanes of at least 4 members (excludes halogenated alkanes) is 33. The number of rotatable bonds is 50. The molecule has 0 aromatic heterocycles. The predicted molar refractivity (Wildman–Crippen MR) is 275 cm³/mol. The first-order valence-corrected chi connectivity index (χ1v) is 28.8. The summed E-state index contributed by atoms with van der Waals surface area (Å²) in [7, 11) is 1.25. The van der Waals surface area contributed by atoms with Crippen molar-refractivity contribution in [2.24, 2.45) is 0 Å². The highest BCUT2D eigenvalue weighted by atomic mass is 31.2. The summed E-state index contributed by atoms with van der Waals surface area (Å²) in [5.74, 6) is -0.209. The van der Waals surface area contributed by atoms with Gasteiger partial charge in [-0.1, -0.05) is 230 Å². The van der Waals surface area contributed by atoms with Gasteiger partial charge in [-0.3, -0.25) is 9.36 Å². The normalized spacial score (nSPS) is 14.3. The Morgan fingerprint density at radius 3 is 1.27 bits per heavy atom. The molecule has 3 atom stereocenters. The zero-order valence-electron chi connectivity index (χ0n) is 43.0. The van der Waals surface area contributed by atoms with Gasteiger partial charge in [-0.2, -0.15) is 0 Å². The van der Waals surface area contributed by atoms with Crippen LogP contribution in [0.1, 0.15) is 258 Å². The zero-order valence-corrected chi connectivity index (χ0v) is 43.9. The lowest BCUT2D eigenvalue weighted by atomic mass is 10.0. The number of nitrogens with one attached hydrogen (secondary N) is 1. The highest BCUT2D eigenvalue weighted by Crippen LogP contribution is 2.38. The molecular formula is C55H107N2O6P. The maximum Gasteiger partial charge on any atom is 0.268 e. The van der Waals surface area contributed by atoms with Gasteiger partial charge in [-0.05, 0) is 57.8 Å². The monoisotopic (exact) mass is 923 g/mol. The van der Waals surface area contributed by atoms with Crippen molar-refractivity contribution in [2.45, 2.75) is 270 Å². The lowest BCUT2D eigenvalue weighted by Gasteiger charge is -2.29. The third kappa shape index (κ3) is 48.6. The van der Waals surface area contributed by atoms with Gasteiger partial charge in [0.05, 0.1) is 39.9 Å². The Hall–Kier alpha value is -1.28. The van der Waals surface area contributed by atoms with E-state index in [0.29, 0.717) is 17.4 Å². The molecule has 0 heterocycles. The fraction of sp³-hybridized carbons (Fsp3) is 0.873. The van der Waals surface area contributed by atoms with Crippen LogP contribution in [0, 0.1) is 0 Å². The van der Waals surface area contributed by atoms with E-state index >= 15 is 0 Å². The first kappa shape index (κ1) is 62.7. The summed E-state index contributed by atoms with van der Waals surface area (Å²) in [6.45, 7) is 4.65. The molecule has 0 saturated carbocycles. The molecule has 0 aliphatic heterocycles. The molecule has 1 amide bonds. The first-order chi connectivity index (χ1) is 31.0. The van der Waals surface area contributed by atoms with Crippen molar-refractivity contribution in [2.75, 3.05) is 40.9 Å². The number of nitrogens with zero attached hydrogens (tertiary/aromatic N) is 1. The Morgan fingerprint density at radius 2 is 0.875 bits per heavy atom. The number of hydrogen-bond donors (Lipinski definition) is 2. The fourth-order valence-electron chi connectivity index (χ4n) is 7.99. The molecular weight excluding hydrogens is 816 g/mol. The molecule has 0 saturated heterocycles. The summed E-state index contributed by atoms with van der Waals surface area (Å²) in [6, 6.07) is -0.905. The van der Waals surface area contributed by atoms with E-state index < -0.39 is 26.6 Å². The van der Waals surface area contributed by atoms with Crippen LogP contribution in [0.15, 0.2) is 36.5 Å². The van der Waals surface area contributed by atoms with Crippen molar-refractivity contribution < 1.29 is 32.9 Å². The molecule has 9 heteroatoms. The molecule has 0 bridgehead atoms. The molecule has 0 spiro atoms. The third-order valence-corrected chi connectivity index (χ3v) is 13.3. The Balaban J connectivity index is 4.31. The van der Waals surface area contributed by atoms with Crippen molar-refractivity contribution in [3.05, 3.63) is 36.5 Å². The summed E-state index contributed by atoms with van der Waals surface area (Å²) < 4.78 is 23.3. The highest BCUT2D eigenvalue weighted by molar-refractivity contribution is 7.45. The number of carbonyl (C=O) groups is 1. The average molecular weight is 923 g/mol. The molecule has 0 radical (unpaired) electrons. The highest BCUT2D eigenvalue weighted by Gasteiger charge is 2.23. The lowest BCUT2D eigenvalue weighted by Crippen LogP contribution is -2.45. The van der Waals surface area contributed by atoms with Gasteiger partial charge in [0.25, 0.3) is 7.82 Å². The van der Waals surface area contributed by atoms with Crippen LogP contribution in [0.4, 0.5) is 0 Å². The number of aliphatic hydroxyl groups excluding tert-OH is 1. The quantitative estimate of drug-likeness (QED) is 0.0272. The average Bonchev–Trinajstić information content (AvgIpc) is 3.25. The minimum Gasteiger partial charge on any atom is -0.756 e. The number of carbonyl (C=O) groups excluding carboxylic acids is 1. The third-order valence-electron chi connectivity index (χ3n) is 12.3. The van der Waals surface area contributed by atoms with Gasteiger partial charge in [0, 0.05) is 6.42 Å². The van der Waals surface area contributed by atoms with Crippen LogP contribution in [0.2, 0.25) is 0 Å². The van der Waals surface area contributed by atoms with Crippen molar-refractivity contribution in [1.29, 1.82) is 0 Å². The number of likely N-dealkylation sites (N-methyl/N-ethyl adjacent to an activating group) is 1. The van der Waals surface area contributed by atoms with E-state index in [0.717, 1.165) is 38.5 Å². The maximum atomic E-state index is 12.9. The second-order valence-electron chi connectivity index (χ2n) is 19.9. The molecule has 378 valence electrons. The maximum absolute atomic E-state index is 12.9. The smallest absolute Gasteiger partial charge is 0.268 e. The number of allylic oxidation sites excluding steroid dienone is 5. The Bertz CT molecular complexity index is 1140. The van der Waals surface area contributed by atoms with E-state index in [-0.39, 0.29) is 12.5 Å². The molecule has 0 fully saturated rings. The molecule has 0 aromatic carbocycles. The number of aliphatic hydroxyl groups is 1. The molecule has 0 rings (SSSR count). The van der Waals surface area contributed by atoms with Crippen molar-refractivity contribution in [3.63, 3.8) is 0 Å². The molecule has 2 N–H and O–H groups in total. The number of amides is 1. The second-order valence-corrected chi connectivity index (χ2v) is 21.3. The van der Waals surface area contributed by atoms with E-state index in [1.54, 1.807) is 6.08 Å². The van der Waals surface area contributed by atoms with Gasteiger partial charge in [0.2, 0.25) is 5.91 Å². The summed E-state index contributed by atoms with van der Waals surface area (Å²) in [6.07, 6.45) is 59.3. The summed E-state index contributed by atoms with van der Waals surface area (Å²) in [5, 5.41) is 13.8. The van der Waals surface area contributed by atoms with Crippen molar-refractivity contribution in [3.8, 4) is 0 Å². The molecule has 0 aromatic rings. The number of phosphoric ester groups is 1. The van der Waals surface area contributed by atoms with Crippen LogP contribution in [-0.2, 0) is 18.4 Å². The Morgan fingerprint density at radius 1 is 0.531 bits per heavy atom. The molecule has 8 nitrogen and oxygen atoms in total. The number of phosphoric acid groups is 1. The van der Waals surface area contributed by atoms with Crippen molar-refractivity contribution in [1.82, 2.24) is 5.32 Å². The predicted octanol–water partition coefficient (Wildman–Crippen LogP) is 15.6. The van der Waals surface area contributed by atoms with E-state index in [9.17, 15) is 19.4 Å². The minimum atomic E-state index is -4.60. The van der Waals surface area contributed by atoms with Crippen LogP contribution < -0.4 is 10.2 Å². The molecule has 64 heavy (non-hydrogen) atoms. The molecule has 3 unspecified atom stereocenters. The summed E-state index contributed by atoms with van der Waals surface area (Å²) >= 11 is 0. The Kier molecular flexibility index (Phi) is 45.9. The molecule has 0 aliphatic rings. The van der Waals surface area contributed by atoms with Crippen LogP contribution in [0.25, 0.3) is 0 Å². The van der Waals surface area contributed by atoms with Gasteiger partial charge >= 0.3 is 0 Å². The summed E-state index contributed by atoms with van der Waals surface area (Å²) in [4.78, 5) is 25.4. The van der Waals surface area contributed by atoms with Gasteiger partial charge in [0.1, 0.15) is 13.2 Å². The van der Waals surface area contributed by atoms with E-state index in [1.807, 2.05) is 27.2 Å².